The van der Waals surface area contributed by atoms with Crippen LogP contribution in [0.25, 0.3) is 10.1 Å². The molecule has 1 aliphatic rings. The quantitative estimate of drug-likeness (QED) is 0.369. The third-order valence-corrected chi connectivity index (χ3v) is 7.40. The maximum atomic E-state index is 12.9. The average molecular weight is 503 g/mol. The Bertz CT molecular complexity index is 1350. The molecule has 0 unspecified atom stereocenters. The summed E-state index contributed by atoms with van der Waals surface area (Å²) in [7, 11) is 3.13. The number of benzene rings is 3. The fourth-order valence-electron chi connectivity index (χ4n) is 4.56. The Morgan fingerprint density at radius 1 is 0.972 bits per heavy atom. The van der Waals surface area contributed by atoms with Gasteiger partial charge in [0.25, 0.3) is 5.91 Å². The van der Waals surface area contributed by atoms with E-state index in [0.717, 1.165) is 50.6 Å². The van der Waals surface area contributed by atoms with Gasteiger partial charge in [0.15, 0.2) is 0 Å². The Balaban J connectivity index is 1.15. The number of hydrogen-bond donors (Lipinski definition) is 1. The maximum Gasteiger partial charge on any atom is 0.259 e. The molecule has 1 aliphatic heterocycles. The highest BCUT2D eigenvalue weighted by Crippen LogP contribution is 2.30. The summed E-state index contributed by atoms with van der Waals surface area (Å²) in [4.78, 5) is 17.8. The van der Waals surface area contributed by atoms with Crippen LogP contribution in [0.4, 0.5) is 11.5 Å². The van der Waals surface area contributed by atoms with E-state index in [1.165, 1.54) is 15.6 Å². The van der Waals surface area contributed by atoms with Crippen LogP contribution in [0.3, 0.4) is 0 Å². The molecule has 7 nitrogen and oxygen atoms in total. The van der Waals surface area contributed by atoms with Crippen molar-refractivity contribution >= 4 is 39.0 Å². The SMILES string of the molecule is COc1ccc(C(=O)Nc2cccc(CCN3CCN(c4nsc5ccccc45)CC3)c2)c(OC)c1. The standard InChI is InChI=1S/C28H30N4O3S/c1-34-22-10-11-23(25(19-22)35-2)28(33)29-21-7-5-6-20(18-21)12-13-31-14-16-32(17-15-31)27-24-8-3-4-9-26(24)36-30-27/h3-11,18-19H,12-17H2,1-2H3,(H,29,33). The van der Waals surface area contributed by atoms with E-state index in [1.54, 1.807) is 44.0 Å². The van der Waals surface area contributed by atoms with Crippen molar-refractivity contribution in [3.8, 4) is 11.5 Å². The molecule has 0 atom stereocenters. The number of nitrogens with zero attached hydrogens (tertiary/aromatic N) is 3. The van der Waals surface area contributed by atoms with Crippen LogP contribution >= 0.6 is 11.5 Å². The van der Waals surface area contributed by atoms with E-state index in [9.17, 15) is 4.79 Å². The van der Waals surface area contributed by atoms with E-state index in [4.69, 9.17) is 13.8 Å². The number of rotatable bonds is 8. The largest absolute Gasteiger partial charge is 0.497 e. The number of amides is 1. The van der Waals surface area contributed by atoms with Crippen LogP contribution in [0.2, 0.25) is 0 Å². The Kier molecular flexibility index (Phi) is 7.34. The van der Waals surface area contributed by atoms with Crippen LogP contribution in [0, 0.1) is 0 Å². The molecule has 0 aliphatic carbocycles. The van der Waals surface area contributed by atoms with E-state index in [1.807, 2.05) is 18.2 Å². The topological polar surface area (TPSA) is 66.9 Å². The van der Waals surface area contributed by atoms with Gasteiger partial charge in [-0.2, -0.15) is 4.37 Å². The molecule has 2 heterocycles. The van der Waals surface area contributed by atoms with Crippen molar-refractivity contribution in [3.05, 3.63) is 77.9 Å². The van der Waals surface area contributed by atoms with Gasteiger partial charge in [0.2, 0.25) is 0 Å². The third-order valence-electron chi connectivity index (χ3n) is 6.59. The summed E-state index contributed by atoms with van der Waals surface area (Å²) in [5.41, 5.74) is 2.44. The molecule has 0 spiro atoms. The molecule has 5 rings (SSSR count). The van der Waals surface area contributed by atoms with Gasteiger partial charge in [-0.1, -0.05) is 24.3 Å². The van der Waals surface area contributed by atoms with E-state index in [-0.39, 0.29) is 5.91 Å². The van der Waals surface area contributed by atoms with Gasteiger partial charge in [-0.3, -0.25) is 9.69 Å². The molecule has 1 fully saturated rings. The lowest BCUT2D eigenvalue weighted by Crippen LogP contribution is -2.47. The monoisotopic (exact) mass is 502 g/mol. The van der Waals surface area contributed by atoms with Crippen LogP contribution in [-0.2, 0) is 6.42 Å². The molecule has 1 aromatic heterocycles. The molecule has 0 saturated carbocycles. The van der Waals surface area contributed by atoms with Gasteiger partial charge in [0, 0.05) is 49.9 Å². The molecule has 1 N–H and O–H groups in total. The van der Waals surface area contributed by atoms with Crippen molar-refractivity contribution in [2.24, 2.45) is 0 Å². The fraction of sp³-hybridized carbons (Fsp3) is 0.286. The number of methoxy groups -OCH3 is 2. The number of piperazine rings is 1. The van der Waals surface area contributed by atoms with Gasteiger partial charge in [-0.25, -0.2) is 0 Å². The zero-order valence-electron chi connectivity index (χ0n) is 20.6. The summed E-state index contributed by atoms with van der Waals surface area (Å²) < 4.78 is 16.6. The molecule has 0 radical (unpaired) electrons. The highest BCUT2D eigenvalue weighted by atomic mass is 32.1. The molecule has 4 aromatic rings. The van der Waals surface area contributed by atoms with Gasteiger partial charge in [0.1, 0.15) is 17.3 Å². The molecule has 1 amide bonds. The summed E-state index contributed by atoms with van der Waals surface area (Å²) in [5.74, 6) is 2.03. The number of anilines is 2. The third kappa shape index (κ3) is 5.29. The number of carbonyl (C=O) groups is 1. The normalized spacial score (nSPS) is 14.1. The summed E-state index contributed by atoms with van der Waals surface area (Å²) in [6.07, 6.45) is 0.926. The molecule has 186 valence electrons. The second kappa shape index (κ2) is 11.0. The van der Waals surface area contributed by atoms with Gasteiger partial charge in [-0.15, -0.1) is 0 Å². The second-order valence-corrected chi connectivity index (χ2v) is 9.61. The molecule has 1 saturated heterocycles. The average Bonchev–Trinajstić information content (AvgIpc) is 3.36. The van der Waals surface area contributed by atoms with E-state index >= 15 is 0 Å². The predicted molar refractivity (Wildman–Crippen MR) is 146 cm³/mol. The first-order valence-electron chi connectivity index (χ1n) is 12.1. The maximum absolute atomic E-state index is 12.9. The zero-order chi connectivity index (χ0) is 24.9. The predicted octanol–water partition coefficient (Wildman–Crippen LogP) is 4.93. The zero-order valence-corrected chi connectivity index (χ0v) is 21.4. The van der Waals surface area contributed by atoms with Crippen LogP contribution in [0.1, 0.15) is 15.9 Å². The summed E-state index contributed by atoms with van der Waals surface area (Å²) >= 11 is 1.58. The lowest BCUT2D eigenvalue weighted by molar-refractivity contribution is 0.102. The number of carbonyl (C=O) groups excluding carboxylic acids is 1. The van der Waals surface area contributed by atoms with Crippen molar-refractivity contribution in [1.82, 2.24) is 9.27 Å². The van der Waals surface area contributed by atoms with Gasteiger partial charge >= 0.3 is 0 Å². The molecule has 36 heavy (non-hydrogen) atoms. The van der Waals surface area contributed by atoms with Crippen molar-refractivity contribution < 1.29 is 14.3 Å². The fourth-order valence-corrected chi connectivity index (χ4v) is 5.36. The van der Waals surface area contributed by atoms with E-state index in [2.05, 4.69) is 45.4 Å². The van der Waals surface area contributed by atoms with Crippen LogP contribution < -0.4 is 19.7 Å². The van der Waals surface area contributed by atoms with Crippen molar-refractivity contribution in [3.63, 3.8) is 0 Å². The van der Waals surface area contributed by atoms with Crippen molar-refractivity contribution in [2.75, 3.05) is 57.2 Å². The van der Waals surface area contributed by atoms with E-state index in [0.29, 0.717) is 17.1 Å². The van der Waals surface area contributed by atoms with Crippen LogP contribution in [0.5, 0.6) is 11.5 Å². The minimum atomic E-state index is -0.211. The van der Waals surface area contributed by atoms with E-state index < -0.39 is 0 Å². The highest BCUT2D eigenvalue weighted by molar-refractivity contribution is 7.13. The summed E-state index contributed by atoms with van der Waals surface area (Å²) in [5, 5.41) is 4.25. The highest BCUT2D eigenvalue weighted by Gasteiger charge is 2.20. The Labute approximate surface area is 215 Å². The minimum absolute atomic E-state index is 0.211. The second-order valence-electron chi connectivity index (χ2n) is 8.80. The molecule has 8 heteroatoms. The molecule has 0 bridgehead atoms. The number of aromatic nitrogens is 1. The van der Waals surface area contributed by atoms with Crippen LogP contribution in [0.15, 0.2) is 66.7 Å². The number of hydrogen-bond acceptors (Lipinski definition) is 7. The van der Waals surface area contributed by atoms with Gasteiger partial charge in [0.05, 0.1) is 24.5 Å². The minimum Gasteiger partial charge on any atom is -0.497 e. The molecular formula is C28H30N4O3S. The first kappa shape index (κ1) is 24.1. The first-order chi connectivity index (χ1) is 17.6. The first-order valence-corrected chi connectivity index (χ1v) is 12.9. The smallest absolute Gasteiger partial charge is 0.259 e. The Morgan fingerprint density at radius 3 is 2.61 bits per heavy atom. The van der Waals surface area contributed by atoms with Crippen LogP contribution in [-0.4, -0.2) is 62.1 Å². The van der Waals surface area contributed by atoms with Gasteiger partial charge < -0.3 is 19.7 Å². The summed E-state index contributed by atoms with van der Waals surface area (Å²) in [6, 6.07) is 21.7. The number of fused-ring (bicyclic) bond motifs is 1. The van der Waals surface area contributed by atoms with Gasteiger partial charge in [-0.05, 0) is 59.9 Å². The molecule has 3 aromatic carbocycles. The number of nitrogens with one attached hydrogen (secondary N) is 1. The lowest BCUT2D eigenvalue weighted by atomic mass is 10.1. The summed E-state index contributed by atoms with van der Waals surface area (Å²) in [6.45, 7) is 4.97. The Hall–Kier alpha value is -3.62. The Morgan fingerprint density at radius 2 is 1.81 bits per heavy atom. The van der Waals surface area contributed by atoms with Crippen molar-refractivity contribution in [2.45, 2.75) is 6.42 Å². The lowest BCUT2D eigenvalue weighted by Gasteiger charge is -2.35. The molecular weight excluding hydrogens is 472 g/mol. The van der Waals surface area contributed by atoms with Crippen molar-refractivity contribution in [1.29, 1.82) is 0 Å². The number of ether oxygens (including phenoxy) is 2.